The zero-order valence-corrected chi connectivity index (χ0v) is 16.7. The molecule has 0 saturated heterocycles. The van der Waals surface area contributed by atoms with Crippen molar-refractivity contribution < 1.29 is 32.6 Å². The molecular formula is C15H24ClIrN2O3. The van der Waals surface area contributed by atoms with Crippen LogP contribution < -0.4 is 16.6 Å². The van der Waals surface area contributed by atoms with Crippen molar-refractivity contribution in [2.45, 2.75) is 53.5 Å². The van der Waals surface area contributed by atoms with Crippen LogP contribution in [0.3, 0.4) is 0 Å². The van der Waals surface area contributed by atoms with E-state index in [1.165, 1.54) is 45.7 Å². The van der Waals surface area contributed by atoms with Crippen molar-refractivity contribution in [1.29, 1.82) is 0 Å². The first-order valence-electron chi connectivity index (χ1n) is 6.66. The van der Waals surface area contributed by atoms with E-state index in [1.807, 2.05) is 0 Å². The molecule has 0 radical (unpaired) electrons. The van der Waals surface area contributed by atoms with Crippen LogP contribution in [0.15, 0.2) is 0 Å². The van der Waals surface area contributed by atoms with Gasteiger partial charge in [-0.3, -0.25) is 4.79 Å². The molecule has 7 heteroatoms. The number of aliphatic carboxylic acids is 1. The molecular weight excluding hydrogens is 484 g/mol. The number of hydrogen-bond donors (Lipinski definition) is 2. The number of carboxylic acid groups (broad SMARTS) is 1. The summed E-state index contributed by atoms with van der Waals surface area (Å²) in [5.41, 5.74) is 17.1. The fraction of sp³-hybridized carbons (Fsp3) is 0.533. The molecule has 0 bridgehead atoms. The third-order valence-corrected chi connectivity index (χ3v) is 3.82. The maximum atomic E-state index is 10.1. The summed E-state index contributed by atoms with van der Waals surface area (Å²) < 4.78 is 0. The Bertz CT molecular complexity index is 421. The second kappa shape index (κ2) is 11.7. The molecule has 0 spiro atoms. The van der Waals surface area contributed by atoms with Crippen LogP contribution in [-0.2, 0) is 27.5 Å². The first-order valence-corrected chi connectivity index (χ1v) is 9.63. The third kappa shape index (κ3) is 7.99. The summed E-state index contributed by atoms with van der Waals surface area (Å²) in [4.78, 5) is 20.0. The molecule has 5 nitrogen and oxygen atoms in total. The van der Waals surface area contributed by atoms with Gasteiger partial charge in [0.1, 0.15) is 0 Å². The van der Waals surface area contributed by atoms with Gasteiger partial charge in [-0.05, 0) is 6.42 Å². The third-order valence-electron chi connectivity index (χ3n) is 3.82. The number of halogens is 1. The van der Waals surface area contributed by atoms with E-state index in [-0.39, 0.29) is 12.8 Å². The zero-order chi connectivity index (χ0) is 18.0. The fourth-order valence-corrected chi connectivity index (χ4v) is 1.82. The van der Waals surface area contributed by atoms with E-state index < -0.39 is 17.9 Å². The molecule has 0 unspecified atom stereocenters. The van der Waals surface area contributed by atoms with Gasteiger partial charge in [-0.1, -0.05) is 34.6 Å². The van der Waals surface area contributed by atoms with Crippen LogP contribution in [0, 0.1) is 34.6 Å². The molecule has 22 heavy (non-hydrogen) atoms. The SMILES string of the molecule is Cc1c(C)c(C)[c-](C)c1C.NC(=O)CC[C@H](N)C(=O)[O-].[Cl][Ir+2]. The molecule has 1 atom stereocenters. The number of amides is 1. The predicted octanol–water partition coefficient (Wildman–Crippen LogP) is 0.964. The van der Waals surface area contributed by atoms with Gasteiger partial charge < -0.3 is 21.4 Å². The molecule has 128 valence electrons. The Labute approximate surface area is 146 Å². The molecule has 1 amide bonds. The van der Waals surface area contributed by atoms with Gasteiger partial charge in [0.15, 0.2) is 0 Å². The monoisotopic (exact) mass is 508 g/mol. The second-order valence-corrected chi connectivity index (χ2v) is 5.06. The van der Waals surface area contributed by atoms with Crippen molar-refractivity contribution in [3.05, 3.63) is 27.8 Å². The van der Waals surface area contributed by atoms with Crippen LogP contribution in [0.25, 0.3) is 0 Å². The Hall–Kier alpha value is -0.811. The van der Waals surface area contributed by atoms with Gasteiger partial charge in [-0.2, -0.15) is 27.8 Å². The molecule has 0 saturated carbocycles. The number of carbonyl (C=O) groups is 2. The fourth-order valence-electron chi connectivity index (χ4n) is 1.82. The number of rotatable bonds is 4. The molecule has 0 fully saturated rings. The van der Waals surface area contributed by atoms with Gasteiger partial charge in [-0.25, -0.2) is 0 Å². The summed E-state index contributed by atoms with van der Waals surface area (Å²) in [5, 5.41) is 9.92. The zero-order valence-electron chi connectivity index (χ0n) is 13.6. The van der Waals surface area contributed by atoms with Crippen LogP contribution in [0.2, 0.25) is 0 Å². The Balaban J connectivity index is 0. The molecule has 1 aromatic rings. The number of carbonyl (C=O) groups excluding carboxylic acids is 2. The molecule has 0 aliphatic rings. The number of nitrogens with two attached hydrogens (primary N) is 2. The van der Waals surface area contributed by atoms with Gasteiger partial charge in [-0.15, -0.1) is 0 Å². The van der Waals surface area contributed by atoms with Gasteiger partial charge in [0.2, 0.25) is 5.91 Å². The Morgan fingerprint density at radius 1 is 1.18 bits per heavy atom. The molecule has 1 aromatic carbocycles. The Morgan fingerprint density at radius 2 is 1.55 bits per heavy atom. The van der Waals surface area contributed by atoms with E-state index in [2.05, 4.69) is 44.2 Å². The van der Waals surface area contributed by atoms with Crippen molar-refractivity contribution >= 4 is 21.5 Å². The van der Waals surface area contributed by atoms with Crippen molar-refractivity contribution in [1.82, 2.24) is 0 Å². The van der Waals surface area contributed by atoms with Crippen LogP contribution in [0.5, 0.6) is 0 Å². The second-order valence-electron chi connectivity index (χ2n) is 5.06. The van der Waals surface area contributed by atoms with E-state index >= 15 is 0 Å². The number of carboxylic acids is 1. The van der Waals surface area contributed by atoms with E-state index in [0.29, 0.717) is 0 Å². The molecule has 1 rings (SSSR count). The van der Waals surface area contributed by atoms with Crippen LogP contribution in [0.4, 0.5) is 0 Å². The average Bonchev–Trinajstić information content (AvgIpc) is 2.65. The van der Waals surface area contributed by atoms with Crippen LogP contribution in [0.1, 0.15) is 40.7 Å². The Kier molecular flexibility index (Phi) is 12.5. The van der Waals surface area contributed by atoms with Crippen LogP contribution >= 0.6 is 9.58 Å². The van der Waals surface area contributed by atoms with Crippen LogP contribution in [-0.4, -0.2) is 17.9 Å². The normalized spacial score (nSPS) is 10.7. The minimum atomic E-state index is -1.36. The molecule has 4 N–H and O–H groups in total. The first-order chi connectivity index (χ1) is 10.1. The summed E-state index contributed by atoms with van der Waals surface area (Å²) in [6.07, 6.45) is 0.0206. The van der Waals surface area contributed by atoms with Crippen molar-refractivity contribution in [2.75, 3.05) is 0 Å². The topological polar surface area (TPSA) is 109 Å². The molecule has 0 aliphatic heterocycles. The quantitative estimate of drug-likeness (QED) is 0.592. The van der Waals surface area contributed by atoms with E-state index in [0.717, 1.165) is 0 Å². The number of hydrogen-bond acceptors (Lipinski definition) is 4. The van der Waals surface area contributed by atoms with Crippen molar-refractivity contribution in [3.8, 4) is 0 Å². The molecule has 0 aromatic heterocycles. The van der Waals surface area contributed by atoms with Gasteiger partial charge in [0.05, 0.1) is 5.97 Å². The summed E-state index contributed by atoms with van der Waals surface area (Å²) in [6.45, 7) is 11.0. The average molecular weight is 508 g/mol. The van der Waals surface area contributed by atoms with E-state index in [4.69, 9.17) is 11.5 Å². The maximum absolute atomic E-state index is 10.1. The standard InChI is InChI=1S/C10H15.C5H10N2O3.ClH.Ir/c1-6-7(2)9(4)10(5)8(6)3;6-3(5(9)10)1-2-4(7)8;;/h1-5H3;3H,1-2,6H2,(H2,7,8)(H,9,10);1H;/q-1;;;+3/p-2/t;3-;;/m.0../s1. The van der Waals surface area contributed by atoms with Crippen molar-refractivity contribution in [2.24, 2.45) is 11.5 Å². The van der Waals surface area contributed by atoms with E-state index in [1.54, 1.807) is 0 Å². The van der Waals surface area contributed by atoms with Crippen molar-refractivity contribution in [3.63, 3.8) is 0 Å². The predicted molar refractivity (Wildman–Crippen MR) is 83.0 cm³/mol. The first kappa shape index (κ1) is 23.5. The summed E-state index contributed by atoms with van der Waals surface area (Å²) in [6, 6.07) is -1.09. The Morgan fingerprint density at radius 3 is 1.73 bits per heavy atom. The summed E-state index contributed by atoms with van der Waals surface area (Å²) in [7, 11) is 4.64. The van der Waals surface area contributed by atoms with Gasteiger partial charge in [0.25, 0.3) is 0 Å². The molecule has 0 aliphatic carbocycles. The molecule has 0 heterocycles. The van der Waals surface area contributed by atoms with Gasteiger partial charge >= 0.3 is 27.5 Å². The summed E-state index contributed by atoms with van der Waals surface area (Å²) >= 11 is 1.47. The minimum absolute atomic E-state index is 0.0187. The summed E-state index contributed by atoms with van der Waals surface area (Å²) in [5.74, 6) is -1.92. The van der Waals surface area contributed by atoms with Gasteiger partial charge in [0, 0.05) is 12.5 Å². The number of primary amides is 1. The van der Waals surface area contributed by atoms with E-state index in [9.17, 15) is 14.7 Å².